The van der Waals surface area contributed by atoms with Crippen LogP contribution in [0.2, 0.25) is 0 Å². The molecule has 0 bridgehead atoms. The van der Waals surface area contributed by atoms with E-state index in [0.717, 1.165) is 12.0 Å². The summed E-state index contributed by atoms with van der Waals surface area (Å²) in [6.45, 7) is 2.42. The number of nitrogens with one attached hydrogen (secondary N) is 2. The number of methoxy groups -OCH3 is 1. The van der Waals surface area contributed by atoms with Crippen molar-refractivity contribution in [2.45, 2.75) is 25.8 Å². The Morgan fingerprint density at radius 2 is 1.93 bits per heavy atom. The van der Waals surface area contributed by atoms with Crippen LogP contribution in [0.15, 0.2) is 42.5 Å². The molecule has 9 heteroatoms. The van der Waals surface area contributed by atoms with Gasteiger partial charge in [0.15, 0.2) is 0 Å². The molecule has 1 fully saturated rings. The highest BCUT2D eigenvalue weighted by atomic mass is 16.6. The Kier molecular flexibility index (Phi) is 6.63. The molecule has 1 saturated heterocycles. The van der Waals surface area contributed by atoms with E-state index in [4.69, 9.17) is 4.74 Å². The number of non-ortho nitro benzene ring substituents is 1. The number of aryl methyl sites for hydroxylation is 1. The molecule has 2 N–H and O–H groups in total. The third kappa shape index (κ3) is 5.12. The topological polar surface area (TPSA) is 114 Å². The number of likely N-dealkylation sites (tertiary alicyclic amines) is 1. The van der Waals surface area contributed by atoms with Gasteiger partial charge in [0, 0.05) is 17.8 Å². The molecule has 0 aromatic heterocycles. The SMILES string of the molecule is COc1ccc(NC(=O)C2CCCN2CC(=O)Nc2cc([N+](=O)[O-])ccc2C)cc1. The molecule has 2 amide bonds. The summed E-state index contributed by atoms with van der Waals surface area (Å²) in [4.78, 5) is 37.5. The minimum absolute atomic E-state index is 0.0306. The van der Waals surface area contributed by atoms with Crippen molar-refractivity contribution < 1.29 is 19.2 Å². The van der Waals surface area contributed by atoms with Crippen molar-refractivity contribution >= 4 is 28.9 Å². The molecule has 1 unspecified atom stereocenters. The highest BCUT2D eigenvalue weighted by Crippen LogP contribution is 2.23. The number of benzene rings is 2. The van der Waals surface area contributed by atoms with Crippen molar-refractivity contribution in [3.63, 3.8) is 0 Å². The first-order valence-electron chi connectivity index (χ1n) is 9.61. The van der Waals surface area contributed by atoms with E-state index >= 15 is 0 Å². The van der Waals surface area contributed by atoms with Crippen molar-refractivity contribution in [3.05, 3.63) is 58.1 Å². The first kappa shape index (κ1) is 21.3. The van der Waals surface area contributed by atoms with Gasteiger partial charge in [0.1, 0.15) is 5.75 Å². The number of anilines is 2. The number of amides is 2. The summed E-state index contributed by atoms with van der Waals surface area (Å²) >= 11 is 0. The first-order valence-corrected chi connectivity index (χ1v) is 9.61. The fourth-order valence-corrected chi connectivity index (χ4v) is 3.44. The van der Waals surface area contributed by atoms with Crippen LogP contribution in [0.5, 0.6) is 5.75 Å². The van der Waals surface area contributed by atoms with E-state index < -0.39 is 11.0 Å². The summed E-state index contributed by atoms with van der Waals surface area (Å²) in [6, 6.07) is 10.9. The number of hydrogen-bond acceptors (Lipinski definition) is 6. The quantitative estimate of drug-likeness (QED) is 0.534. The Morgan fingerprint density at radius 3 is 2.60 bits per heavy atom. The van der Waals surface area contributed by atoms with Crippen molar-refractivity contribution in [1.29, 1.82) is 0 Å². The molecule has 1 heterocycles. The molecule has 0 spiro atoms. The lowest BCUT2D eigenvalue weighted by Crippen LogP contribution is -2.43. The fourth-order valence-electron chi connectivity index (χ4n) is 3.44. The van der Waals surface area contributed by atoms with Crippen LogP contribution in [-0.4, -0.2) is 47.9 Å². The third-order valence-corrected chi connectivity index (χ3v) is 5.08. The van der Waals surface area contributed by atoms with Gasteiger partial charge < -0.3 is 15.4 Å². The number of carbonyl (C=O) groups excluding carboxylic acids is 2. The van der Waals surface area contributed by atoms with Crippen LogP contribution < -0.4 is 15.4 Å². The van der Waals surface area contributed by atoms with E-state index in [1.54, 1.807) is 44.4 Å². The second-order valence-electron chi connectivity index (χ2n) is 7.15. The van der Waals surface area contributed by atoms with E-state index in [2.05, 4.69) is 10.6 Å². The Morgan fingerprint density at radius 1 is 1.20 bits per heavy atom. The molecule has 1 atom stereocenters. The van der Waals surface area contributed by atoms with Crippen molar-refractivity contribution in [1.82, 2.24) is 4.90 Å². The van der Waals surface area contributed by atoms with Crippen LogP contribution in [0.3, 0.4) is 0 Å². The maximum atomic E-state index is 12.7. The summed E-state index contributed by atoms with van der Waals surface area (Å²) in [7, 11) is 1.57. The van der Waals surface area contributed by atoms with Gasteiger partial charge >= 0.3 is 0 Å². The Labute approximate surface area is 174 Å². The average molecular weight is 412 g/mol. The normalized spacial score (nSPS) is 16.1. The number of ether oxygens (including phenoxy) is 1. The van der Waals surface area contributed by atoms with Gasteiger partial charge in [-0.2, -0.15) is 0 Å². The van der Waals surface area contributed by atoms with Gasteiger partial charge in [0.2, 0.25) is 11.8 Å². The molecule has 0 saturated carbocycles. The second-order valence-corrected chi connectivity index (χ2v) is 7.15. The van der Waals surface area contributed by atoms with Gasteiger partial charge in [0.05, 0.1) is 30.3 Å². The minimum atomic E-state index is -0.505. The lowest BCUT2D eigenvalue weighted by molar-refractivity contribution is -0.384. The minimum Gasteiger partial charge on any atom is -0.497 e. The molecule has 1 aliphatic rings. The van der Waals surface area contributed by atoms with Crippen LogP contribution in [0.25, 0.3) is 0 Å². The van der Waals surface area contributed by atoms with Crippen LogP contribution in [0.1, 0.15) is 18.4 Å². The molecule has 1 aliphatic heterocycles. The van der Waals surface area contributed by atoms with Crippen LogP contribution in [0.4, 0.5) is 17.1 Å². The summed E-state index contributed by atoms with van der Waals surface area (Å²) in [5, 5.41) is 16.6. The Hall–Kier alpha value is -3.46. The van der Waals surface area contributed by atoms with E-state index in [1.807, 2.05) is 4.90 Å². The molecule has 3 rings (SSSR count). The van der Waals surface area contributed by atoms with E-state index in [1.165, 1.54) is 12.1 Å². The molecule has 0 radical (unpaired) electrons. The van der Waals surface area contributed by atoms with Crippen LogP contribution in [0, 0.1) is 17.0 Å². The number of carbonyl (C=O) groups is 2. The molecule has 158 valence electrons. The molecule has 9 nitrogen and oxygen atoms in total. The lowest BCUT2D eigenvalue weighted by Gasteiger charge is -2.23. The number of hydrogen-bond donors (Lipinski definition) is 2. The molecule has 2 aromatic carbocycles. The lowest BCUT2D eigenvalue weighted by atomic mass is 10.1. The van der Waals surface area contributed by atoms with Gasteiger partial charge in [-0.3, -0.25) is 24.6 Å². The smallest absolute Gasteiger partial charge is 0.271 e. The van der Waals surface area contributed by atoms with Crippen molar-refractivity contribution in [2.75, 3.05) is 30.8 Å². The maximum absolute atomic E-state index is 12.7. The highest BCUT2D eigenvalue weighted by molar-refractivity contribution is 5.97. The molecular weight excluding hydrogens is 388 g/mol. The standard InChI is InChI=1S/C21H24N4O5/c1-14-5-8-16(25(28)29)12-18(14)23-20(26)13-24-11-3-4-19(24)21(27)22-15-6-9-17(30-2)10-7-15/h5-10,12,19H,3-4,11,13H2,1-2H3,(H,22,27)(H,23,26). The molecule has 30 heavy (non-hydrogen) atoms. The van der Waals surface area contributed by atoms with Gasteiger partial charge in [-0.25, -0.2) is 0 Å². The fraction of sp³-hybridized carbons (Fsp3) is 0.333. The monoisotopic (exact) mass is 412 g/mol. The van der Waals surface area contributed by atoms with Crippen LogP contribution >= 0.6 is 0 Å². The maximum Gasteiger partial charge on any atom is 0.271 e. The number of nitro benzene ring substituents is 1. The average Bonchev–Trinajstić information content (AvgIpc) is 3.18. The predicted molar refractivity (Wildman–Crippen MR) is 113 cm³/mol. The van der Waals surface area contributed by atoms with Crippen molar-refractivity contribution in [3.8, 4) is 5.75 Å². The van der Waals surface area contributed by atoms with E-state index in [0.29, 0.717) is 30.1 Å². The van der Waals surface area contributed by atoms with E-state index in [9.17, 15) is 19.7 Å². The predicted octanol–water partition coefficient (Wildman–Crippen LogP) is 2.95. The van der Waals surface area contributed by atoms with Gasteiger partial charge in [-0.1, -0.05) is 6.07 Å². The zero-order valence-electron chi connectivity index (χ0n) is 16.9. The van der Waals surface area contributed by atoms with Gasteiger partial charge in [-0.15, -0.1) is 0 Å². The molecule has 2 aromatic rings. The summed E-state index contributed by atoms with van der Waals surface area (Å²) in [5.74, 6) is 0.211. The zero-order chi connectivity index (χ0) is 21.7. The molecular formula is C21H24N4O5. The van der Waals surface area contributed by atoms with Crippen molar-refractivity contribution in [2.24, 2.45) is 0 Å². The van der Waals surface area contributed by atoms with Crippen LogP contribution in [-0.2, 0) is 9.59 Å². The summed E-state index contributed by atoms with van der Waals surface area (Å²) < 4.78 is 5.11. The Balaban J connectivity index is 1.61. The summed E-state index contributed by atoms with van der Waals surface area (Å²) in [6.07, 6.45) is 1.47. The highest BCUT2D eigenvalue weighted by Gasteiger charge is 2.32. The Bertz CT molecular complexity index is 945. The van der Waals surface area contributed by atoms with E-state index in [-0.39, 0.29) is 24.0 Å². The molecule has 0 aliphatic carbocycles. The third-order valence-electron chi connectivity index (χ3n) is 5.08. The number of rotatable bonds is 7. The summed E-state index contributed by atoms with van der Waals surface area (Å²) in [5.41, 5.74) is 1.69. The van der Waals surface area contributed by atoms with Gasteiger partial charge in [0.25, 0.3) is 5.69 Å². The largest absolute Gasteiger partial charge is 0.497 e. The zero-order valence-corrected chi connectivity index (χ0v) is 16.9. The first-order chi connectivity index (χ1) is 14.4. The number of nitro groups is 1. The number of nitrogens with zero attached hydrogens (tertiary/aromatic N) is 2. The second kappa shape index (κ2) is 9.36. The van der Waals surface area contributed by atoms with Gasteiger partial charge in [-0.05, 0) is 56.1 Å².